The van der Waals surface area contributed by atoms with E-state index in [0.29, 0.717) is 0 Å². The van der Waals surface area contributed by atoms with Crippen molar-refractivity contribution in [1.82, 2.24) is 0 Å². The van der Waals surface area contributed by atoms with E-state index in [1.54, 1.807) is 0 Å². The molecule has 1 N–H and O–H groups in total. The molecule has 0 aliphatic carbocycles. The van der Waals surface area contributed by atoms with Gasteiger partial charge in [0, 0.05) is 28.3 Å². The molecule has 0 aliphatic heterocycles. The van der Waals surface area contributed by atoms with E-state index in [-0.39, 0.29) is 0 Å². The van der Waals surface area contributed by atoms with Gasteiger partial charge in [-0.1, -0.05) is 0 Å². The molecule has 2 atom stereocenters. The first-order valence-corrected chi connectivity index (χ1v) is 7.26. The van der Waals surface area contributed by atoms with Crippen molar-refractivity contribution in [2.75, 3.05) is 21.3 Å². The molecule has 0 aromatic carbocycles. The lowest BCUT2D eigenvalue weighted by Gasteiger charge is -2.25. The molecule has 0 amide bonds. The Balaban J connectivity index is 5.32. The van der Waals surface area contributed by atoms with Crippen LogP contribution in [0.25, 0.3) is 0 Å². The van der Waals surface area contributed by atoms with Gasteiger partial charge in [0.15, 0.2) is 0 Å². The third-order valence-electron chi connectivity index (χ3n) is 1.59. The van der Waals surface area contributed by atoms with Crippen LogP contribution in [0.1, 0.15) is 6.92 Å². The molecule has 8 nitrogen and oxygen atoms in total. The van der Waals surface area contributed by atoms with Crippen LogP contribution in [0.15, 0.2) is 0 Å². The fraction of sp³-hybridized carbons (Fsp3) is 0.833. The minimum Gasteiger partial charge on any atom is -0.436 e. The van der Waals surface area contributed by atoms with Crippen molar-refractivity contribution in [2.45, 2.75) is 12.5 Å². The van der Waals surface area contributed by atoms with Gasteiger partial charge < -0.3 is 23.2 Å². The van der Waals surface area contributed by atoms with Gasteiger partial charge in [-0.25, -0.2) is 0 Å². The molecule has 0 saturated heterocycles. The Bertz CT molecular complexity index is 331. The average molecular weight is 276 g/mol. The van der Waals surface area contributed by atoms with Crippen molar-refractivity contribution in [3.05, 3.63) is 0 Å². The number of hydrogen-bond donors (Lipinski definition) is 1. The predicted molar refractivity (Wildman–Crippen MR) is 54.0 cm³/mol. The van der Waals surface area contributed by atoms with Crippen LogP contribution in [0.5, 0.6) is 0 Å². The first kappa shape index (κ1) is 15.8. The third-order valence-corrected chi connectivity index (χ3v) is 6.17. The summed E-state index contributed by atoms with van der Waals surface area (Å²) in [4.78, 5) is 20.1. The first-order valence-electron chi connectivity index (χ1n) is 4.00. The summed E-state index contributed by atoms with van der Waals surface area (Å²) < 4.78 is 41.0. The standard InChI is InChI=1S/C6H14O8P2/c1-5(7)14-6(15(8,9)11-2)16(10,12-3)13-4/h6H,1-4H3,(H,8,9). The maximum atomic E-state index is 11.9. The number of ether oxygens (including phenoxy) is 1. The van der Waals surface area contributed by atoms with Gasteiger partial charge in [0.05, 0.1) is 0 Å². The predicted octanol–water partition coefficient (Wildman–Crippen LogP) is 1.15. The summed E-state index contributed by atoms with van der Waals surface area (Å²) in [5.41, 5.74) is -2.00. The summed E-state index contributed by atoms with van der Waals surface area (Å²) in [5.74, 6) is -0.911. The van der Waals surface area contributed by atoms with Crippen molar-refractivity contribution in [1.29, 1.82) is 0 Å². The monoisotopic (exact) mass is 276 g/mol. The lowest BCUT2D eigenvalue weighted by atomic mass is 10.8. The van der Waals surface area contributed by atoms with Crippen molar-refractivity contribution in [3.8, 4) is 0 Å². The van der Waals surface area contributed by atoms with E-state index in [0.717, 1.165) is 28.3 Å². The molecule has 10 heteroatoms. The molecule has 0 aliphatic rings. The Morgan fingerprint density at radius 2 is 1.56 bits per heavy atom. The van der Waals surface area contributed by atoms with Crippen LogP contribution in [0, 0.1) is 0 Å². The molecule has 0 saturated carbocycles. The number of esters is 1. The molecule has 0 rings (SSSR count). The average Bonchev–Trinajstić information content (AvgIpc) is 2.24. The second-order valence-corrected chi connectivity index (χ2v) is 7.24. The Morgan fingerprint density at radius 3 is 1.81 bits per heavy atom. The van der Waals surface area contributed by atoms with Crippen LogP contribution in [0.2, 0.25) is 0 Å². The normalized spacial score (nSPS) is 17.6. The van der Waals surface area contributed by atoms with Gasteiger partial charge in [-0.2, -0.15) is 0 Å². The Labute approximate surface area is 92.9 Å². The van der Waals surface area contributed by atoms with Crippen molar-refractivity contribution in [2.24, 2.45) is 0 Å². The number of carbonyl (C=O) groups is 1. The Kier molecular flexibility index (Phi) is 5.82. The molecule has 0 aromatic heterocycles. The summed E-state index contributed by atoms with van der Waals surface area (Å²) in [6, 6.07) is 0. The van der Waals surface area contributed by atoms with Crippen LogP contribution in [-0.2, 0) is 32.2 Å². The van der Waals surface area contributed by atoms with Crippen molar-refractivity contribution >= 4 is 21.2 Å². The van der Waals surface area contributed by atoms with Gasteiger partial charge in [0.1, 0.15) is 0 Å². The topological polar surface area (TPSA) is 108 Å². The number of hydrogen-bond acceptors (Lipinski definition) is 7. The minimum atomic E-state index is -4.45. The highest BCUT2D eigenvalue weighted by molar-refractivity contribution is 7.71. The van der Waals surface area contributed by atoms with Gasteiger partial charge in [-0.15, -0.1) is 0 Å². The van der Waals surface area contributed by atoms with Crippen LogP contribution >= 0.6 is 15.2 Å². The van der Waals surface area contributed by atoms with E-state index >= 15 is 0 Å². The van der Waals surface area contributed by atoms with E-state index in [9.17, 15) is 18.8 Å². The van der Waals surface area contributed by atoms with E-state index in [4.69, 9.17) is 0 Å². The highest BCUT2D eigenvalue weighted by Crippen LogP contribution is 2.67. The summed E-state index contributed by atoms with van der Waals surface area (Å²) in [6.07, 6.45) is 0. The first-order chi connectivity index (χ1) is 7.23. The van der Waals surface area contributed by atoms with Gasteiger partial charge in [0.2, 0.25) is 0 Å². The Hall–Kier alpha value is -0.230. The molecular formula is C6H14O8P2. The van der Waals surface area contributed by atoms with Gasteiger partial charge in [-0.05, 0) is 0 Å². The van der Waals surface area contributed by atoms with Gasteiger partial charge in [-0.3, -0.25) is 13.9 Å². The summed E-state index contributed by atoms with van der Waals surface area (Å²) in [7, 11) is -5.61. The second-order valence-electron chi connectivity index (χ2n) is 2.59. The molecule has 16 heavy (non-hydrogen) atoms. The zero-order valence-electron chi connectivity index (χ0n) is 9.28. The lowest BCUT2D eigenvalue weighted by molar-refractivity contribution is -0.141. The highest BCUT2D eigenvalue weighted by atomic mass is 31.2. The van der Waals surface area contributed by atoms with Crippen molar-refractivity contribution < 1.29 is 37.1 Å². The largest absolute Gasteiger partial charge is 0.436 e. The molecular weight excluding hydrogens is 262 g/mol. The third kappa shape index (κ3) is 3.66. The molecule has 0 radical (unpaired) electrons. The molecule has 0 spiro atoms. The second kappa shape index (κ2) is 5.91. The summed E-state index contributed by atoms with van der Waals surface area (Å²) in [6.45, 7) is 0.984. The molecule has 96 valence electrons. The quantitative estimate of drug-likeness (QED) is 0.568. The fourth-order valence-corrected chi connectivity index (χ4v) is 4.33. The maximum absolute atomic E-state index is 11.9. The zero-order chi connectivity index (χ0) is 13.0. The number of rotatable bonds is 6. The highest BCUT2D eigenvalue weighted by Gasteiger charge is 2.51. The van der Waals surface area contributed by atoms with E-state index in [1.165, 1.54) is 0 Å². The van der Waals surface area contributed by atoms with Crippen LogP contribution in [0.3, 0.4) is 0 Å². The Morgan fingerprint density at radius 1 is 1.12 bits per heavy atom. The molecule has 0 heterocycles. The minimum absolute atomic E-state index is 0.910. The summed E-state index contributed by atoms with van der Waals surface area (Å²) in [5, 5.41) is 0. The van der Waals surface area contributed by atoms with E-state index in [1.807, 2.05) is 0 Å². The SMILES string of the molecule is COP(=O)(O)C(OC(C)=O)P(=O)(OC)OC. The summed E-state index contributed by atoms with van der Waals surface area (Å²) >= 11 is 0. The number of carbonyl (C=O) groups excluding carboxylic acids is 1. The van der Waals surface area contributed by atoms with Crippen molar-refractivity contribution in [3.63, 3.8) is 0 Å². The van der Waals surface area contributed by atoms with Crippen LogP contribution in [0.4, 0.5) is 0 Å². The fourth-order valence-electron chi connectivity index (χ4n) is 0.803. The molecule has 0 aromatic rings. The maximum Gasteiger partial charge on any atom is 0.383 e. The molecule has 2 unspecified atom stereocenters. The smallest absolute Gasteiger partial charge is 0.383 e. The van der Waals surface area contributed by atoms with Gasteiger partial charge in [0.25, 0.3) is 0 Å². The molecule has 0 fully saturated rings. The van der Waals surface area contributed by atoms with Crippen LogP contribution < -0.4 is 0 Å². The van der Waals surface area contributed by atoms with E-state index < -0.39 is 26.7 Å². The van der Waals surface area contributed by atoms with E-state index in [2.05, 4.69) is 18.3 Å². The lowest BCUT2D eigenvalue weighted by Crippen LogP contribution is -2.19. The molecule has 0 bridgehead atoms. The zero-order valence-corrected chi connectivity index (χ0v) is 11.1. The van der Waals surface area contributed by atoms with Crippen LogP contribution in [-0.4, -0.2) is 37.8 Å². The van der Waals surface area contributed by atoms with Gasteiger partial charge >= 0.3 is 26.7 Å².